The van der Waals surface area contributed by atoms with Crippen LogP contribution in [0.5, 0.6) is 11.5 Å². The summed E-state index contributed by atoms with van der Waals surface area (Å²) in [6.07, 6.45) is 2.81. The largest absolute Gasteiger partial charge is 0.457 e. The number of nitrogens with zero attached hydrogens (tertiary/aromatic N) is 4. The average Bonchev–Trinajstić information content (AvgIpc) is 3.09. The smallest absolute Gasteiger partial charge is 0.208 e. The zero-order valence-electron chi connectivity index (χ0n) is 18.9. The summed E-state index contributed by atoms with van der Waals surface area (Å²) in [6.45, 7) is 0.851. The molecule has 8 heteroatoms. The van der Waals surface area contributed by atoms with Gasteiger partial charge in [-0.15, -0.1) is 0 Å². The zero-order chi connectivity index (χ0) is 23.4. The fourth-order valence-corrected chi connectivity index (χ4v) is 3.46. The van der Waals surface area contributed by atoms with E-state index >= 15 is 0 Å². The molecular formula is C25H26FN5O2. The highest BCUT2D eigenvalue weighted by atomic mass is 19.1. The summed E-state index contributed by atoms with van der Waals surface area (Å²) in [4.78, 5) is 23.3. The van der Waals surface area contributed by atoms with Crippen LogP contribution < -0.4 is 10.1 Å². The van der Waals surface area contributed by atoms with Crippen LogP contribution in [0, 0.1) is 5.82 Å². The number of hydrogen-bond donors (Lipinski definition) is 1. The molecule has 0 aliphatic rings. The normalized spacial score (nSPS) is 11.2. The minimum Gasteiger partial charge on any atom is -0.457 e. The maximum atomic E-state index is 13.2. The van der Waals surface area contributed by atoms with Crippen LogP contribution in [0.25, 0.3) is 11.0 Å². The van der Waals surface area contributed by atoms with E-state index in [1.807, 2.05) is 43.9 Å². The molecule has 0 radical (unpaired) electrons. The molecule has 4 rings (SSSR count). The summed E-state index contributed by atoms with van der Waals surface area (Å²) in [5.41, 5.74) is 2.80. The van der Waals surface area contributed by atoms with Crippen LogP contribution in [-0.4, -0.2) is 45.9 Å². The third kappa shape index (κ3) is 5.53. The predicted octanol–water partition coefficient (Wildman–Crippen LogP) is 5.17. The number of imidazole rings is 1. The molecule has 170 valence electrons. The first-order valence-corrected chi connectivity index (χ1v) is 10.7. The molecule has 0 spiro atoms. The number of aryl methyl sites for hydroxylation is 1. The summed E-state index contributed by atoms with van der Waals surface area (Å²) in [5.74, 6) is 1.48. The quantitative estimate of drug-likeness (QED) is 0.357. The highest BCUT2D eigenvalue weighted by Crippen LogP contribution is 2.28. The Kier molecular flexibility index (Phi) is 6.65. The first-order chi connectivity index (χ1) is 15.9. The van der Waals surface area contributed by atoms with E-state index in [-0.39, 0.29) is 11.6 Å². The number of aromatic nitrogens is 3. The minimum atomic E-state index is -0.290. The van der Waals surface area contributed by atoms with Crippen molar-refractivity contribution in [2.45, 2.75) is 12.8 Å². The molecule has 7 nitrogen and oxygen atoms in total. The van der Waals surface area contributed by atoms with Gasteiger partial charge < -0.3 is 19.5 Å². The van der Waals surface area contributed by atoms with Crippen molar-refractivity contribution < 1.29 is 13.9 Å². The molecule has 0 aliphatic heterocycles. The maximum Gasteiger partial charge on any atom is 0.208 e. The lowest BCUT2D eigenvalue weighted by Gasteiger charge is -2.09. The van der Waals surface area contributed by atoms with Gasteiger partial charge in [-0.1, -0.05) is 0 Å². The summed E-state index contributed by atoms with van der Waals surface area (Å²) in [7, 11) is 5.87. The number of hydrogen-bond acceptors (Lipinski definition) is 6. The van der Waals surface area contributed by atoms with Crippen molar-refractivity contribution in [3.8, 4) is 11.5 Å². The summed E-state index contributed by atoms with van der Waals surface area (Å²) in [6, 6.07) is 15.1. The number of fused-ring (bicyclic) bond motifs is 1. The summed E-state index contributed by atoms with van der Waals surface area (Å²) in [5, 5.41) is 3.20. The van der Waals surface area contributed by atoms with E-state index in [0.29, 0.717) is 29.6 Å². The number of anilines is 2. The first kappa shape index (κ1) is 22.4. The topological polar surface area (TPSA) is 72.3 Å². The molecule has 0 amide bonds. The van der Waals surface area contributed by atoms with Gasteiger partial charge in [0.1, 0.15) is 23.0 Å². The summed E-state index contributed by atoms with van der Waals surface area (Å²) >= 11 is 0. The molecule has 4 aromatic rings. The number of ketones is 1. The molecule has 0 atom stereocenters. The van der Waals surface area contributed by atoms with Crippen molar-refractivity contribution >= 4 is 28.5 Å². The number of nitrogens with one attached hydrogen (secondary N) is 1. The van der Waals surface area contributed by atoms with E-state index in [1.54, 1.807) is 30.5 Å². The van der Waals surface area contributed by atoms with Crippen molar-refractivity contribution in [1.82, 2.24) is 19.4 Å². The van der Waals surface area contributed by atoms with Crippen LogP contribution >= 0.6 is 0 Å². The Labute approximate surface area is 191 Å². The van der Waals surface area contributed by atoms with E-state index in [9.17, 15) is 9.18 Å². The Morgan fingerprint density at radius 2 is 1.85 bits per heavy atom. The van der Waals surface area contributed by atoms with Gasteiger partial charge >= 0.3 is 0 Å². The van der Waals surface area contributed by atoms with Gasteiger partial charge in [0.05, 0.1) is 11.0 Å². The van der Waals surface area contributed by atoms with Crippen molar-refractivity contribution in [3.63, 3.8) is 0 Å². The molecule has 1 N–H and O–H groups in total. The Morgan fingerprint density at radius 3 is 2.61 bits per heavy atom. The first-order valence-electron chi connectivity index (χ1n) is 10.7. The summed E-state index contributed by atoms with van der Waals surface area (Å²) < 4.78 is 21.1. The molecule has 0 aliphatic carbocycles. The monoisotopic (exact) mass is 447 g/mol. The van der Waals surface area contributed by atoms with Crippen molar-refractivity contribution in [2.75, 3.05) is 26.0 Å². The Hall–Kier alpha value is -3.78. The SMILES string of the molecule is CN(C)CCCC(=O)c1cc(Oc2ccc3c(c2)nc(Nc2ccc(F)cc2)n3C)ccn1. The Morgan fingerprint density at radius 1 is 1.09 bits per heavy atom. The molecule has 0 saturated carbocycles. The highest BCUT2D eigenvalue weighted by molar-refractivity contribution is 5.94. The van der Waals surface area contributed by atoms with Crippen LogP contribution in [0.2, 0.25) is 0 Å². The van der Waals surface area contributed by atoms with E-state index in [1.165, 1.54) is 12.1 Å². The molecule has 2 heterocycles. The van der Waals surface area contributed by atoms with E-state index in [2.05, 4.69) is 20.2 Å². The average molecular weight is 448 g/mol. The van der Waals surface area contributed by atoms with Gasteiger partial charge in [-0.25, -0.2) is 9.37 Å². The van der Waals surface area contributed by atoms with Gasteiger partial charge in [0.15, 0.2) is 5.78 Å². The van der Waals surface area contributed by atoms with Gasteiger partial charge in [0.2, 0.25) is 5.95 Å². The van der Waals surface area contributed by atoms with Crippen molar-refractivity contribution in [1.29, 1.82) is 0 Å². The van der Waals surface area contributed by atoms with E-state index in [4.69, 9.17) is 4.74 Å². The van der Waals surface area contributed by atoms with Gasteiger partial charge in [-0.2, -0.15) is 0 Å². The van der Waals surface area contributed by atoms with Crippen molar-refractivity contribution in [2.24, 2.45) is 7.05 Å². The van der Waals surface area contributed by atoms with Gasteiger partial charge in [0.25, 0.3) is 0 Å². The molecule has 2 aromatic carbocycles. The minimum absolute atomic E-state index is 0.000937. The van der Waals surface area contributed by atoms with E-state index < -0.39 is 0 Å². The fourth-order valence-electron chi connectivity index (χ4n) is 3.46. The number of Topliss-reactive ketones (excluding diaryl/α,β-unsaturated/α-hetero) is 1. The number of halogens is 1. The standard InChI is InChI=1S/C25H26FN5O2/c1-30(2)14-4-5-24(32)22-16-20(12-13-27-22)33-19-10-11-23-21(15-19)29-25(31(23)3)28-18-8-6-17(26)7-9-18/h6-13,15-16H,4-5,14H2,1-3H3,(H,28,29). The second-order valence-corrected chi connectivity index (χ2v) is 8.09. The third-order valence-corrected chi connectivity index (χ3v) is 5.21. The Bertz CT molecular complexity index is 1270. The number of carbonyl (C=O) groups excluding carboxylic acids is 1. The predicted molar refractivity (Wildman–Crippen MR) is 127 cm³/mol. The molecule has 0 bridgehead atoms. The number of pyridine rings is 1. The lowest BCUT2D eigenvalue weighted by Crippen LogP contribution is -2.14. The van der Waals surface area contributed by atoms with Crippen LogP contribution in [0.15, 0.2) is 60.8 Å². The lowest BCUT2D eigenvalue weighted by atomic mass is 10.1. The molecule has 0 unspecified atom stereocenters. The lowest BCUT2D eigenvalue weighted by molar-refractivity contribution is 0.0972. The second kappa shape index (κ2) is 9.79. The van der Waals surface area contributed by atoms with Crippen LogP contribution in [0.3, 0.4) is 0 Å². The van der Waals surface area contributed by atoms with Crippen LogP contribution in [-0.2, 0) is 7.05 Å². The fraction of sp³-hybridized carbons (Fsp3) is 0.240. The Balaban J connectivity index is 1.49. The van der Waals surface area contributed by atoms with Gasteiger partial charge in [-0.3, -0.25) is 9.78 Å². The highest BCUT2D eigenvalue weighted by Gasteiger charge is 2.12. The third-order valence-electron chi connectivity index (χ3n) is 5.21. The van der Waals surface area contributed by atoms with Crippen molar-refractivity contribution in [3.05, 3.63) is 72.3 Å². The number of benzene rings is 2. The molecule has 2 aromatic heterocycles. The maximum absolute atomic E-state index is 13.2. The molecule has 33 heavy (non-hydrogen) atoms. The van der Waals surface area contributed by atoms with E-state index in [0.717, 1.165) is 29.7 Å². The number of rotatable bonds is 9. The van der Waals surface area contributed by atoms with Crippen LogP contribution in [0.4, 0.5) is 16.0 Å². The number of carbonyl (C=O) groups is 1. The molecular weight excluding hydrogens is 421 g/mol. The van der Waals surface area contributed by atoms with Gasteiger partial charge in [-0.05, 0) is 69.5 Å². The second-order valence-electron chi connectivity index (χ2n) is 8.09. The zero-order valence-corrected chi connectivity index (χ0v) is 18.9. The van der Waals surface area contributed by atoms with Gasteiger partial charge in [0, 0.05) is 37.5 Å². The molecule has 0 fully saturated rings. The number of ether oxygens (including phenoxy) is 1. The molecule has 0 saturated heterocycles. The van der Waals surface area contributed by atoms with Crippen LogP contribution in [0.1, 0.15) is 23.3 Å².